The summed E-state index contributed by atoms with van der Waals surface area (Å²) in [6.07, 6.45) is 6.60. The molecule has 2 saturated heterocycles. The molecule has 4 rings (SSSR count). The number of likely N-dealkylation sites (tertiary alicyclic amines) is 2. The van der Waals surface area contributed by atoms with Gasteiger partial charge in [-0.25, -0.2) is 9.97 Å². The number of hydrogen-bond donors (Lipinski definition) is 1. The number of nitrogens with zero attached hydrogens (tertiary/aromatic N) is 4. The van der Waals surface area contributed by atoms with Crippen LogP contribution < -0.4 is 5.73 Å². The largest absolute Gasteiger partial charge is 0.369 e. The van der Waals surface area contributed by atoms with Crippen LogP contribution in [-0.4, -0.2) is 69.4 Å². The van der Waals surface area contributed by atoms with E-state index in [-0.39, 0.29) is 29.6 Å². The van der Waals surface area contributed by atoms with Gasteiger partial charge < -0.3 is 15.5 Å². The summed E-state index contributed by atoms with van der Waals surface area (Å²) in [5.41, 5.74) is 6.51. The van der Waals surface area contributed by atoms with Crippen molar-refractivity contribution >= 4 is 40.8 Å². The molecular weight excluding hydrogens is 470 g/mol. The summed E-state index contributed by atoms with van der Waals surface area (Å²) in [4.78, 5) is 50.1. The summed E-state index contributed by atoms with van der Waals surface area (Å²) >= 11 is 3.01. The predicted molar refractivity (Wildman–Crippen MR) is 133 cm³/mol. The Labute approximate surface area is 207 Å². The summed E-state index contributed by atoms with van der Waals surface area (Å²) in [6, 6.07) is 3.62. The molecule has 1 atom stereocenters. The Morgan fingerprint density at radius 1 is 1.18 bits per heavy atom. The first-order valence-corrected chi connectivity index (χ1v) is 13.4. The van der Waals surface area contributed by atoms with Gasteiger partial charge in [-0.1, -0.05) is 6.08 Å². The number of piperidine rings is 2. The van der Waals surface area contributed by atoms with Crippen molar-refractivity contribution in [3.8, 4) is 0 Å². The van der Waals surface area contributed by atoms with E-state index in [1.165, 1.54) is 23.1 Å². The van der Waals surface area contributed by atoms with E-state index in [0.29, 0.717) is 43.2 Å². The van der Waals surface area contributed by atoms with Crippen LogP contribution in [0.1, 0.15) is 57.5 Å². The Kier molecular flexibility index (Phi) is 7.99. The Morgan fingerprint density at radius 3 is 2.71 bits per heavy atom. The number of nitrogens with two attached hydrogens (primary N) is 1. The highest BCUT2D eigenvalue weighted by Gasteiger charge is 2.31. The van der Waals surface area contributed by atoms with Crippen LogP contribution in [0.25, 0.3) is 0 Å². The lowest BCUT2D eigenvalue weighted by Crippen LogP contribution is -2.44. The smallest absolute Gasteiger partial charge is 0.273 e. The number of hydrogen-bond acceptors (Lipinski definition) is 7. The first kappa shape index (κ1) is 24.4. The third-order valence-corrected chi connectivity index (χ3v) is 8.33. The summed E-state index contributed by atoms with van der Waals surface area (Å²) in [7, 11) is 0. The van der Waals surface area contributed by atoms with Crippen molar-refractivity contribution in [2.24, 2.45) is 11.7 Å². The van der Waals surface area contributed by atoms with Gasteiger partial charge in [0.1, 0.15) is 10.7 Å². The Bertz CT molecular complexity index is 1060. The average Bonchev–Trinajstić information content (AvgIpc) is 3.37. The van der Waals surface area contributed by atoms with E-state index >= 15 is 0 Å². The first-order valence-electron chi connectivity index (χ1n) is 11.5. The van der Waals surface area contributed by atoms with E-state index in [9.17, 15) is 14.4 Å². The number of pyridine rings is 1. The van der Waals surface area contributed by atoms with Gasteiger partial charge >= 0.3 is 0 Å². The molecule has 0 aliphatic carbocycles. The van der Waals surface area contributed by atoms with Gasteiger partial charge in [-0.2, -0.15) is 0 Å². The van der Waals surface area contributed by atoms with Crippen molar-refractivity contribution in [2.45, 2.75) is 36.6 Å². The molecule has 0 spiro atoms. The summed E-state index contributed by atoms with van der Waals surface area (Å²) in [6.45, 7) is 6.00. The molecule has 1 unspecified atom stereocenters. The van der Waals surface area contributed by atoms with E-state index in [0.717, 1.165) is 35.7 Å². The van der Waals surface area contributed by atoms with Crippen LogP contribution in [0.15, 0.2) is 41.4 Å². The van der Waals surface area contributed by atoms with E-state index in [4.69, 9.17) is 5.73 Å². The fraction of sp³-hybridized carbons (Fsp3) is 0.458. The lowest BCUT2D eigenvalue weighted by molar-refractivity contribution is -0.123. The highest BCUT2D eigenvalue weighted by molar-refractivity contribution is 7.99. The number of carbonyl (C=O) groups is 3. The highest BCUT2D eigenvalue weighted by Crippen LogP contribution is 2.32. The third-order valence-electron chi connectivity index (χ3n) is 6.32. The molecule has 2 aromatic rings. The SMILES string of the molecule is C=CCSc1ncccc1C(=O)N1CCC(c2nc(C(=O)N3CCCC(C(N)=O)C3)cs2)CC1. The zero-order chi connectivity index (χ0) is 24.1. The quantitative estimate of drug-likeness (QED) is 0.463. The summed E-state index contributed by atoms with van der Waals surface area (Å²) in [5, 5.41) is 3.47. The molecule has 180 valence electrons. The summed E-state index contributed by atoms with van der Waals surface area (Å²) < 4.78 is 0. The van der Waals surface area contributed by atoms with Crippen LogP contribution in [0, 0.1) is 5.92 Å². The maximum atomic E-state index is 13.1. The fourth-order valence-electron chi connectivity index (χ4n) is 4.44. The number of aromatic nitrogens is 2. The van der Waals surface area contributed by atoms with Crippen molar-refractivity contribution in [2.75, 3.05) is 31.9 Å². The zero-order valence-electron chi connectivity index (χ0n) is 19.0. The Balaban J connectivity index is 1.35. The minimum Gasteiger partial charge on any atom is -0.369 e. The Hall–Kier alpha value is -2.72. The third kappa shape index (κ3) is 5.50. The number of amides is 3. The van der Waals surface area contributed by atoms with Crippen LogP contribution in [-0.2, 0) is 4.79 Å². The first-order chi connectivity index (χ1) is 16.5. The van der Waals surface area contributed by atoms with Crippen molar-refractivity contribution < 1.29 is 14.4 Å². The second-order valence-corrected chi connectivity index (χ2v) is 10.5. The van der Waals surface area contributed by atoms with Crippen LogP contribution in [0.4, 0.5) is 0 Å². The number of thioether (sulfide) groups is 1. The van der Waals surface area contributed by atoms with E-state index in [1.54, 1.807) is 23.2 Å². The second kappa shape index (κ2) is 11.1. The maximum absolute atomic E-state index is 13.1. The van der Waals surface area contributed by atoms with Crippen LogP contribution in [0.3, 0.4) is 0 Å². The molecule has 4 heterocycles. The molecule has 8 nitrogen and oxygen atoms in total. The van der Waals surface area contributed by atoms with E-state index in [2.05, 4.69) is 16.5 Å². The molecule has 34 heavy (non-hydrogen) atoms. The average molecular weight is 500 g/mol. The molecule has 2 aromatic heterocycles. The topological polar surface area (TPSA) is 109 Å². The molecule has 2 N–H and O–H groups in total. The van der Waals surface area contributed by atoms with Gasteiger partial charge in [0.2, 0.25) is 5.91 Å². The van der Waals surface area contributed by atoms with Crippen molar-refractivity contribution in [1.29, 1.82) is 0 Å². The Morgan fingerprint density at radius 2 is 1.97 bits per heavy atom. The zero-order valence-corrected chi connectivity index (χ0v) is 20.7. The van der Waals surface area contributed by atoms with Crippen molar-refractivity contribution in [3.05, 3.63) is 52.6 Å². The molecule has 0 aromatic carbocycles. The number of rotatable bonds is 7. The van der Waals surface area contributed by atoms with Crippen molar-refractivity contribution in [3.63, 3.8) is 0 Å². The molecule has 2 aliphatic heterocycles. The number of thiazole rings is 1. The number of primary amides is 1. The monoisotopic (exact) mass is 499 g/mol. The highest BCUT2D eigenvalue weighted by atomic mass is 32.2. The van der Waals surface area contributed by atoms with Crippen molar-refractivity contribution in [1.82, 2.24) is 19.8 Å². The van der Waals surface area contributed by atoms with Gasteiger partial charge in [-0.05, 0) is 37.8 Å². The number of carbonyl (C=O) groups excluding carboxylic acids is 3. The minimum absolute atomic E-state index is 0.00206. The fourth-order valence-corrected chi connectivity index (χ4v) is 6.12. The van der Waals surface area contributed by atoms with Gasteiger partial charge in [-0.15, -0.1) is 29.7 Å². The molecule has 2 fully saturated rings. The van der Waals surface area contributed by atoms with E-state index in [1.807, 2.05) is 16.3 Å². The molecule has 0 radical (unpaired) electrons. The molecule has 0 bridgehead atoms. The molecule has 0 saturated carbocycles. The summed E-state index contributed by atoms with van der Waals surface area (Å²) in [5.74, 6) is 0.150. The molecule has 3 amide bonds. The lowest BCUT2D eigenvalue weighted by atomic mass is 9.97. The van der Waals surface area contributed by atoms with E-state index < -0.39 is 0 Å². The molecule has 10 heteroatoms. The van der Waals surface area contributed by atoms with Crippen LogP contribution in [0.5, 0.6) is 0 Å². The van der Waals surface area contributed by atoms with Gasteiger partial charge in [0.15, 0.2) is 0 Å². The van der Waals surface area contributed by atoms with Gasteiger partial charge in [0, 0.05) is 49.4 Å². The van der Waals surface area contributed by atoms with Gasteiger partial charge in [0.05, 0.1) is 16.5 Å². The lowest BCUT2D eigenvalue weighted by Gasteiger charge is -2.31. The maximum Gasteiger partial charge on any atom is 0.273 e. The standard InChI is InChI=1S/C24H29N5O3S2/c1-2-13-33-22-18(6-3-9-26-22)23(31)28-11-7-16(8-12-28)21-27-19(15-34-21)24(32)29-10-4-5-17(14-29)20(25)30/h2-3,6,9,15-17H,1,4-5,7-8,10-14H2,(H2,25,30). The van der Waals surface area contributed by atoms with Gasteiger partial charge in [0.25, 0.3) is 11.8 Å². The van der Waals surface area contributed by atoms with Crippen LogP contribution >= 0.6 is 23.1 Å². The normalized spacial score (nSPS) is 19.1. The predicted octanol–water partition coefficient (Wildman–Crippen LogP) is 3.17. The van der Waals surface area contributed by atoms with Gasteiger partial charge in [-0.3, -0.25) is 14.4 Å². The molecule has 2 aliphatic rings. The van der Waals surface area contributed by atoms with Crippen LogP contribution in [0.2, 0.25) is 0 Å². The minimum atomic E-state index is -0.351. The molecular formula is C24H29N5O3S2. The second-order valence-electron chi connectivity index (χ2n) is 8.59.